The summed E-state index contributed by atoms with van der Waals surface area (Å²) in [5.41, 5.74) is 0.996. The lowest BCUT2D eigenvalue weighted by molar-refractivity contribution is 0.0697. The Kier molecular flexibility index (Phi) is 3.87. The second kappa shape index (κ2) is 5.87. The van der Waals surface area contributed by atoms with Crippen molar-refractivity contribution in [2.45, 2.75) is 4.90 Å². The summed E-state index contributed by atoms with van der Waals surface area (Å²) >= 11 is 0. The number of carboxylic acids is 1. The van der Waals surface area contributed by atoms with Crippen molar-refractivity contribution in [1.82, 2.24) is 10.1 Å². The molecule has 0 saturated carbocycles. The van der Waals surface area contributed by atoms with Gasteiger partial charge in [-0.15, -0.1) is 0 Å². The second-order valence-corrected chi connectivity index (χ2v) is 6.23. The predicted octanol–water partition coefficient (Wildman–Crippen LogP) is 2.35. The van der Waals surface area contributed by atoms with Crippen molar-refractivity contribution in [2.75, 3.05) is 0 Å². The van der Waals surface area contributed by atoms with Crippen molar-refractivity contribution < 1.29 is 27.4 Å². The zero-order valence-corrected chi connectivity index (χ0v) is 12.8. The SMILES string of the molecule is O=C(O)c1ccc(-c2noc(-c3cccc(S(=O)(=O)O)c3)n2)cc1. The van der Waals surface area contributed by atoms with Gasteiger partial charge in [0.05, 0.1) is 10.5 Å². The lowest BCUT2D eigenvalue weighted by Gasteiger charge is -1.98. The van der Waals surface area contributed by atoms with Gasteiger partial charge in [0.15, 0.2) is 0 Å². The molecule has 0 amide bonds. The minimum Gasteiger partial charge on any atom is -0.478 e. The summed E-state index contributed by atoms with van der Waals surface area (Å²) in [6.45, 7) is 0. The van der Waals surface area contributed by atoms with Crippen LogP contribution in [0.15, 0.2) is 57.9 Å². The second-order valence-electron chi connectivity index (χ2n) is 4.81. The van der Waals surface area contributed by atoms with E-state index < -0.39 is 16.1 Å². The van der Waals surface area contributed by atoms with E-state index in [-0.39, 0.29) is 22.2 Å². The third kappa shape index (κ3) is 3.16. The molecule has 2 N–H and O–H groups in total. The Labute approximate surface area is 136 Å². The van der Waals surface area contributed by atoms with Crippen LogP contribution >= 0.6 is 0 Å². The molecule has 1 aromatic heterocycles. The van der Waals surface area contributed by atoms with Crippen LogP contribution in [0.25, 0.3) is 22.8 Å². The summed E-state index contributed by atoms with van der Waals surface area (Å²) in [6.07, 6.45) is 0. The quantitative estimate of drug-likeness (QED) is 0.688. The molecule has 0 atom stereocenters. The number of hydrogen-bond acceptors (Lipinski definition) is 6. The first-order valence-corrected chi connectivity index (χ1v) is 8.04. The largest absolute Gasteiger partial charge is 0.478 e. The molecule has 9 heteroatoms. The highest BCUT2D eigenvalue weighted by molar-refractivity contribution is 7.85. The van der Waals surface area contributed by atoms with Gasteiger partial charge in [-0.25, -0.2) is 4.79 Å². The number of carbonyl (C=O) groups is 1. The third-order valence-corrected chi connectivity index (χ3v) is 4.04. The zero-order chi connectivity index (χ0) is 17.3. The molecule has 3 aromatic rings. The summed E-state index contributed by atoms with van der Waals surface area (Å²) in [6, 6.07) is 11.3. The van der Waals surface area contributed by atoms with Crippen molar-refractivity contribution in [3.63, 3.8) is 0 Å². The lowest BCUT2D eigenvalue weighted by Crippen LogP contribution is -1.97. The van der Waals surface area contributed by atoms with E-state index in [4.69, 9.17) is 14.2 Å². The van der Waals surface area contributed by atoms with Crippen LogP contribution in [-0.2, 0) is 10.1 Å². The van der Waals surface area contributed by atoms with Gasteiger partial charge in [-0.3, -0.25) is 4.55 Å². The van der Waals surface area contributed by atoms with Crippen molar-refractivity contribution in [1.29, 1.82) is 0 Å². The van der Waals surface area contributed by atoms with E-state index in [9.17, 15) is 13.2 Å². The first-order valence-electron chi connectivity index (χ1n) is 6.60. The Morgan fingerprint density at radius 3 is 2.38 bits per heavy atom. The summed E-state index contributed by atoms with van der Waals surface area (Å²) in [4.78, 5) is 14.7. The predicted molar refractivity (Wildman–Crippen MR) is 81.9 cm³/mol. The average molecular weight is 346 g/mol. The Morgan fingerprint density at radius 2 is 1.75 bits per heavy atom. The first kappa shape index (κ1) is 15.8. The topological polar surface area (TPSA) is 131 Å². The number of rotatable bonds is 4. The average Bonchev–Trinajstić information content (AvgIpc) is 3.04. The van der Waals surface area contributed by atoms with Gasteiger partial charge in [0.25, 0.3) is 16.0 Å². The number of aromatic nitrogens is 2. The van der Waals surface area contributed by atoms with Gasteiger partial charge >= 0.3 is 5.97 Å². The minimum atomic E-state index is -4.34. The van der Waals surface area contributed by atoms with Gasteiger partial charge in [0, 0.05) is 11.1 Å². The summed E-state index contributed by atoms with van der Waals surface area (Å²) in [7, 11) is -4.34. The van der Waals surface area contributed by atoms with Crippen LogP contribution in [0, 0.1) is 0 Å². The van der Waals surface area contributed by atoms with Crippen LogP contribution in [0.1, 0.15) is 10.4 Å². The van der Waals surface area contributed by atoms with Crippen molar-refractivity contribution in [2.24, 2.45) is 0 Å². The number of benzene rings is 2. The highest BCUT2D eigenvalue weighted by atomic mass is 32.2. The standard InChI is InChI=1S/C15H10N2O6S/c18-15(19)10-6-4-9(5-7-10)13-16-14(23-17-13)11-2-1-3-12(8-11)24(20,21)22/h1-8H,(H,18,19)(H,20,21,22). The van der Waals surface area contributed by atoms with Gasteiger partial charge in [-0.05, 0) is 30.3 Å². The van der Waals surface area contributed by atoms with Crippen LogP contribution in [-0.4, -0.2) is 34.2 Å². The van der Waals surface area contributed by atoms with Crippen molar-refractivity contribution in [3.8, 4) is 22.8 Å². The zero-order valence-electron chi connectivity index (χ0n) is 11.9. The fraction of sp³-hybridized carbons (Fsp3) is 0. The molecule has 0 unspecified atom stereocenters. The van der Waals surface area contributed by atoms with Crippen LogP contribution in [0.2, 0.25) is 0 Å². The molecule has 2 aromatic carbocycles. The maximum absolute atomic E-state index is 11.2. The van der Waals surface area contributed by atoms with Gasteiger partial charge in [-0.1, -0.05) is 23.4 Å². The molecule has 0 spiro atoms. The fourth-order valence-electron chi connectivity index (χ4n) is 2.01. The minimum absolute atomic E-state index is 0.0674. The van der Waals surface area contributed by atoms with E-state index in [1.807, 2.05) is 0 Å². The van der Waals surface area contributed by atoms with E-state index in [1.54, 1.807) is 6.07 Å². The van der Waals surface area contributed by atoms with Crippen molar-refractivity contribution >= 4 is 16.1 Å². The Bertz CT molecular complexity index is 1010. The summed E-state index contributed by atoms with van der Waals surface area (Å²) in [5, 5.41) is 12.7. The van der Waals surface area contributed by atoms with Gasteiger partial charge in [0.1, 0.15) is 0 Å². The molecule has 0 aliphatic carbocycles. The molecule has 0 aliphatic heterocycles. The van der Waals surface area contributed by atoms with E-state index in [0.717, 1.165) is 0 Å². The van der Waals surface area contributed by atoms with E-state index >= 15 is 0 Å². The molecule has 0 saturated heterocycles. The molecule has 24 heavy (non-hydrogen) atoms. The van der Waals surface area contributed by atoms with Crippen LogP contribution < -0.4 is 0 Å². The third-order valence-electron chi connectivity index (χ3n) is 3.19. The summed E-state index contributed by atoms with van der Waals surface area (Å²) in [5.74, 6) is -0.755. The molecule has 1 heterocycles. The molecular formula is C15H10N2O6S. The highest BCUT2D eigenvalue weighted by Crippen LogP contribution is 2.24. The molecule has 0 aliphatic rings. The molecule has 122 valence electrons. The monoisotopic (exact) mass is 346 g/mol. The first-order chi connectivity index (χ1) is 11.3. The molecule has 8 nitrogen and oxygen atoms in total. The summed E-state index contributed by atoms with van der Waals surface area (Å²) < 4.78 is 36.5. The Morgan fingerprint density at radius 1 is 1.04 bits per heavy atom. The van der Waals surface area contributed by atoms with Gasteiger partial charge in [-0.2, -0.15) is 13.4 Å². The molecule has 0 radical (unpaired) electrons. The van der Waals surface area contributed by atoms with Crippen LogP contribution in [0.4, 0.5) is 0 Å². The number of carboxylic acid groups (broad SMARTS) is 1. The normalized spacial score (nSPS) is 11.4. The molecule has 0 fully saturated rings. The maximum atomic E-state index is 11.2. The van der Waals surface area contributed by atoms with Gasteiger partial charge in [0.2, 0.25) is 5.82 Å². The number of hydrogen-bond donors (Lipinski definition) is 2. The van der Waals surface area contributed by atoms with E-state index in [1.165, 1.54) is 42.5 Å². The van der Waals surface area contributed by atoms with E-state index in [2.05, 4.69) is 10.1 Å². The van der Waals surface area contributed by atoms with Gasteiger partial charge < -0.3 is 9.63 Å². The van der Waals surface area contributed by atoms with Crippen molar-refractivity contribution in [3.05, 3.63) is 54.1 Å². The molecule has 0 bridgehead atoms. The Balaban J connectivity index is 1.95. The number of aromatic carboxylic acids is 1. The fourth-order valence-corrected chi connectivity index (χ4v) is 2.54. The highest BCUT2D eigenvalue weighted by Gasteiger charge is 2.15. The Hall–Kier alpha value is -3.04. The van der Waals surface area contributed by atoms with Crippen LogP contribution in [0.5, 0.6) is 0 Å². The van der Waals surface area contributed by atoms with Crippen LogP contribution in [0.3, 0.4) is 0 Å². The molecular weight excluding hydrogens is 336 g/mol. The number of nitrogens with zero attached hydrogens (tertiary/aromatic N) is 2. The smallest absolute Gasteiger partial charge is 0.335 e. The maximum Gasteiger partial charge on any atom is 0.335 e. The van der Waals surface area contributed by atoms with E-state index in [0.29, 0.717) is 11.1 Å². The lowest BCUT2D eigenvalue weighted by atomic mass is 10.1. The molecule has 3 rings (SSSR count).